The molecule has 22 heteroatoms. The maximum Gasteiger partial charge on any atom is 0.407 e. The molecule has 2 fully saturated rings. The van der Waals surface area contributed by atoms with Gasteiger partial charge in [-0.15, -0.1) is 22.7 Å². The van der Waals surface area contributed by atoms with Crippen LogP contribution in [0.4, 0.5) is 19.2 Å². The summed E-state index contributed by atoms with van der Waals surface area (Å²) < 4.78 is 22.0. The molecule has 0 bridgehead atoms. The van der Waals surface area contributed by atoms with Crippen LogP contribution in [0.5, 0.6) is 0 Å². The molecule has 8 rings (SSSR count). The molecule has 4 aromatic carbocycles. The fraction of sp³-hybridized carbons (Fsp3) is 0.514. The summed E-state index contributed by atoms with van der Waals surface area (Å²) in [5.74, 6) is 0.0927. The first-order valence-corrected chi connectivity index (χ1v) is 35.8. The van der Waals surface area contributed by atoms with Crippen LogP contribution in [0.3, 0.4) is 0 Å². The van der Waals surface area contributed by atoms with Gasteiger partial charge in [0.15, 0.2) is 11.6 Å². The molecular formula is C74H102N10O10S2. The van der Waals surface area contributed by atoms with Gasteiger partial charge in [0.1, 0.15) is 13.2 Å². The van der Waals surface area contributed by atoms with Crippen molar-refractivity contribution in [3.8, 4) is 0 Å². The molecule has 2 saturated heterocycles. The Balaban J connectivity index is 0.000000271. The number of ether oxygens (including phenoxy) is 4. The second kappa shape index (κ2) is 42.2. The Morgan fingerprint density at radius 1 is 0.469 bits per heavy atom. The van der Waals surface area contributed by atoms with Crippen LogP contribution in [0, 0.1) is 11.8 Å². The van der Waals surface area contributed by atoms with Crippen molar-refractivity contribution < 1.29 is 47.7 Å². The predicted octanol–water partition coefficient (Wildman–Crippen LogP) is 11.4. The van der Waals surface area contributed by atoms with Gasteiger partial charge >= 0.3 is 24.2 Å². The molecule has 0 aliphatic carbocycles. The lowest BCUT2D eigenvalue weighted by atomic mass is 9.86. The van der Waals surface area contributed by atoms with Crippen LogP contribution in [0.2, 0.25) is 0 Å². The number of amides is 6. The summed E-state index contributed by atoms with van der Waals surface area (Å²) in [6.07, 6.45) is 9.64. The summed E-state index contributed by atoms with van der Waals surface area (Å²) in [5, 5.41) is 12.3. The molecule has 0 unspecified atom stereocenters. The molecule has 0 spiro atoms. The number of urea groups is 2. The monoisotopic (exact) mass is 1350 g/mol. The molecule has 0 saturated carbocycles. The summed E-state index contributed by atoms with van der Waals surface area (Å²) in [6.45, 7) is 15.6. The number of nitrogens with one attached hydrogen (secondary N) is 4. The van der Waals surface area contributed by atoms with Crippen molar-refractivity contribution in [2.24, 2.45) is 11.8 Å². The summed E-state index contributed by atoms with van der Waals surface area (Å²) in [7, 11) is 3.51. The Morgan fingerprint density at radius 3 is 1.11 bits per heavy atom. The van der Waals surface area contributed by atoms with Crippen LogP contribution in [0.25, 0.3) is 0 Å². The molecule has 2 aliphatic heterocycles. The topological polar surface area (TPSA) is 226 Å². The van der Waals surface area contributed by atoms with E-state index in [0.717, 1.165) is 71.0 Å². The smallest absolute Gasteiger partial charge is 0.407 e. The predicted molar refractivity (Wildman–Crippen MR) is 378 cm³/mol. The SMILES string of the molecule is CC(C)N(C)C(=O)N[C@H](CCN1CCOCC1)C(=O)C[C@@H](CC[C@H](Cc1ccccc1)NC(=O)OCc1cncs1)Cc1ccccc1.CC(C)N(C)C(=O)N[C@H](CCN1CCOCC1)C(=O)C[C@H](CC[C@@H](Cc1ccccc1)NC(=O)OCc1cncs1)Cc1ccccc1. The molecule has 96 heavy (non-hydrogen) atoms. The molecular weight excluding hydrogens is 1250 g/mol. The molecule has 6 atom stereocenters. The largest absolute Gasteiger partial charge is 0.444 e. The molecule has 4 heterocycles. The maximum atomic E-state index is 14.1. The zero-order valence-electron chi connectivity index (χ0n) is 57.0. The van der Waals surface area contributed by atoms with Gasteiger partial charge in [-0.25, -0.2) is 19.2 Å². The van der Waals surface area contributed by atoms with Gasteiger partial charge in [-0.1, -0.05) is 121 Å². The Morgan fingerprint density at radius 2 is 0.802 bits per heavy atom. The van der Waals surface area contributed by atoms with Crippen LogP contribution < -0.4 is 21.3 Å². The number of nitrogens with zero attached hydrogens (tertiary/aromatic N) is 6. The van der Waals surface area contributed by atoms with E-state index >= 15 is 0 Å². The fourth-order valence-electron chi connectivity index (χ4n) is 11.6. The Kier molecular flexibility index (Phi) is 33.3. The van der Waals surface area contributed by atoms with Gasteiger partial charge in [-0.2, -0.15) is 0 Å². The lowest BCUT2D eigenvalue weighted by molar-refractivity contribution is -0.123. The van der Waals surface area contributed by atoms with Crippen molar-refractivity contribution >= 4 is 58.5 Å². The number of aromatic nitrogens is 2. The van der Waals surface area contributed by atoms with Crippen LogP contribution in [0.1, 0.15) is 111 Å². The third kappa shape index (κ3) is 28.6. The van der Waals surface area contributed by atoms with Crippen molar-refractivity contribution in [2.45, 2.75) is 154 Å². The lowest BCUT2D eigenvalue weighted by Crippen LogP contribution is -2.50. The highest BCUT2D eigenvalue weighted by atomic mass is 32.1. The standard InChI is InChI=1S/2C37H51N5O5S/c2*1-28(2)41(3)36(44)40-34(16-17-42-18-20-46-21-19-42)35(43)24-31(22-29-10-6-4-7-11-29)14-15-32(23-30-12-8-5-9-13-30)39-37(45)47-26-33-25-38-27-48-33/h2*4-13,25,27-28,31-32,34H,14-24,26H2,1-3H3,(H,39,45)(H,40,44)/t31-,32+,34+;31-,32+,34-/m01/s1. The normalized spacial score (nSPS) is 15.3. The van der Waals surface area contributed by atoms with Crippen molar-refractivity contribution in [3.05, 3.63) is 177 Å². The van der Waals surface area contributed by atoms with Gasteiger partial charge in [-0.05, 0) is 126 Å². The fourth-order valence-corrected chi connectivity index (χ4v) is 12.6. The third-order valence-electron chi connectivity index (χ3n) is 17.8. The number of thiazole rings is 2. The van der Waals surface area contributed by atoms with Crippen molar-refractivity contribution in [3.63, 3.8) is 0 Å². The van der Waals surface area contributed by atoms with E-state index in [2.05, 4.69) is 89.6 Å². The van der Waals surface area contributed by atoms with Crippen LogP contribution in [-0.4, -0.2) is 181 Å². The number of ketones is 2. The van der Waals surface area contributed by atoms with Crippen LogP contribution in [0.15, 0.2) is 145 Å². The number of carbonyl (C=O) groups is 6. The molecule has 20 nitrogen and oxygen atoms in total. The molecule has 520 valence electrons. The molecule has 0 radical (unpaired) electrons. The Hall–Kier alpha value is -7.60. The molecule has 4 N–H and O–H groups in total. The second-order valence-corrected chi connectivity index (χ2v) is 27.6. The maximum absolute atomic E-state index is 14.1. The van der Waals surface area contributed by atoms with E-state index in [1.54, 1.807) is 47.3 Å². The van der Waals surface area contributed by atoms with Gasteiger partial charge in [0.25, 0.3) is 0 Å². The zero-order chi connectivity index (χ0) is 68.3. The van der Waals surface area contributed by atoms with Gasteiger partial charge in [-0.3, -0.25) is 29.4 Å². The second-order valence-electron chi connectivity index (χ2n) is 25.7. The number of hydrogen-bond acceptors (Lipinski definition) is 16. The third-order valence-corrected chi connectivity index (χ3v) is 19.3. The van der Waals surface area contributed by atoms with Gasteiger partial charge in [0.05, 0.1) is 59.3 Å². The van der Waals surface area contributed by atoms with E-state index < -0.39 is 24.3 Å². The molecule has 6 aromatic rings. The minimum absolute atomic E-state index is 0.00791. The van der Waals surface area contributed by atoms with E-state index in [1.165, 1.54) is 22.7 Å². The highest BCUT2D eigenvalue weighted by molar-refractivity contribution is 7.09. The minimum Gasteiger partial charge on any atom is -0.444 e. The number of hydrogen-bond donors (Lipinski definition) is 4. The first-order chi connectivity index (χ1) is 46.5. The number of carbonyl (C=O) groups excluding carboxylic acids is 6. The average Bonchev–Trinajstić information content (AvgIpc) is 4.19. The summed E-state index contributed by atoms with van der Waals surface area (Å²) in [6, 6.07) is 38.5. The zero-order valence-corrected chi connectivity index (χ0v) is 58.7. The van der Waals surface area contributed by atoms with Crippen molar-refractivity contribution in [2.75, 3.05) is 79.8 Å². The first kappa shape index (κ1) is 75.8. The first-order valence-electron chi connectivity index (χ1n) is 34.0. The van der Waals surface area contributed by atoms with Gasteiger partial charge < -0.3 is 50.0 Å². The summed E-state index contributed by atoms with van der Waals surface area (Å²) in [5.41, 5.74) is 7.96. The van der Waals surface area contributed by atoms with Crippen LogP contribution >= 0.6 is 22.7 Å². The molecule has 2 aromatic heterocycles. The number of morpholine rings is 2. The molecule has 2 aliphatic rings. The lowest BCUT2D eigenvalue weighted by Gasteiger charge is -2.30. The van der Waals surface area contributed by atoms with E-state index in [-0.39, 0.29) is 72.8 Å². The average molecular weight is 1360 g/mol. The van der Waals surface area contributed by atoms with Crippen molar-refractivity contribution in [1.82, 2.24) is 50.8 Å². The summed E-state index contributed by atoms with van der Waals surface area (Å²) in [4.78, 5) is 97.9. The highest BCUT2D eigenvalue weighted by Crippen LogP contribution is 2.25. The summed E-state index contributed by atoms with van der Waals surface area (Å²) >= 11 is 2.88. The van der Waals surface area contributed by atoms with Gasteiger partial charge in [0, 0.05) is 103 Å². The van der Waals surface area contributed by atoms with E-state index in [1.807, 2.05) is 100 Å². The Bertz CT molecular complexity index is 2950. The van der Waals surface area contributed by atoms with E-state index in [0.29, 0.717) is 104 Å². The van der Waals surface area contributed by atoms with E-state index in [9.17, 15) is 28.8 Å². The quantitative estimate of drug-likeness (QED) is 0.0287. The van der Waals surface area contributed by atoms with Gasteiger partial charge in [0.2, 0.25) is 0 Å². The van der Waals surface area contributed by atoms with Crippen LogP contribution in [-0.2, 0) is 67.4 Å². The number of Topliss-reactive ketones (excluding diaryl/α,β-unsaturated/α-hetero) is 2. The number of alkyl carbamates (subject to hydrolysis) is 2. The number of rotatable bonds is 36. The minimum atomic E-state index is -0.597. The number of benzene rings is 4. The Labute approximate surface area is 576 Å². The molecule has 6 amide bonds. The highest BCUT2D eigenvalue weighted by Gasteiger charge is 2.30. The van der Waals surface area contributed by atoms with Crippen molar-refractivity contribution in [1.29, 1.82) is 0 Å². The van der Waals surface area contributed by atoms with E-state index in [4.69, 9.17) is 18.9 Å².